The molecule has 3 N–H and O–H groups in total. The molecule has 2 aromatic rings. The monoisotopic (exact) mass is 296 g/mol. The van der Waals surface area contributed by atoms with Gasteiger partial charge in [0, 0.05) is 11.3 Å². The molecule has 20 heavy (non-hydrogen) atoms. The number of thiocarbonyl (C=S) groups is 1. The lowest BCUT2D eigenvalue weighted by molar-refractivity contribution is 0.449. The minimum Gasteiger partial charge on any atom is -0.389 e. The Morgan fingerprint density at radius 3 is 2.40 bits per heavy atom. The molecule has 104 valence electrons. The zero-order valence-electron chi connectivity index (χ0n) is 10.5. The number of benzene rings is 2. The molecule has 0 spiro atoms. The second-order valence-corrected chi connectivity index (χ2v) is 4.68. The molecule has 0 aliphatic heterocycles. The number of hydrogen-bond acceptors (Lipinski definition) is 2. The molecule has 0 aromatic heterocycles. The van der Waals surface area contributed by atoms with Crippen LogP contribution in [0.1, 0.15) is 11.1 Å². The molecule has 0 unspecified atom stereocenters. The summed E-state index contributed by atoms with van der Waals surface area (Å²) in [7, 11) is 0. The SMILES string of the molecule is Cc1cc(Nc2ccc(F)c(F)c2F)ccc1C(N)=S. The van der Waals surface area contributed by atoms with Gasteiger partial charge in [0.15, 0.2) is 17.5 Å². The van der Waals surface area contributed by atoms with Gasteiger partial charge >= 0.3 is 0 Å². The van der Waals surface area contributed by atoms with Gasteiger partial charge in [-0.25, -0.2) is 13.2 Å². The zero-order valence-corrected chi connectivity index (χ0v) is 11.3. The Hall–Kier alpha value is -2.08. The topological polar surface area (TPSA) is 38.0 Å². The van der Waals surface area contributed by atoms with Gasteiger partial charge < -0.3 is 11.1 Å². The van der Waals surface area contributed by atoms with Gasteiger partial charge in [-0.2, -0.15) is 0 Å². The third-order valence-electron chi connectivity index (χ3n) is 2.81. The molecule has 0 aliphatic rings. The van der Waals surface area contributed by atoms with Crippen molar-refractivity contribution in [2.45, 2.75) is 6.92 Å². The molecule has 6 heteroatoms. The predicted octanol–water partition coefficient (Wildman–Crippen LogP) is 3.79. The molecule has 0 fully saturated rings. The number of nitrogens with one attached hydrogen (secondary N) is 1. The van der Waals surface area contributed by atoms with Crippen molar-refractivity contribution in [3.05, 3.63) is 58.9 Å². The first kappa shape index (κ1) is 14.3. The van der Waals surface area contributed by atoms with E-state index in [9.17, 15) is 13.2 Å². The number of hydrogen-bond donors (Lipinski definition) is 2. The highest BCUT2D eigenvalue weighted by atomic mass is 32.1. The zero-order chi connectivity index (χ0) is 14.9. The van der Waals surface area contributed by atoms with Crippen LogP contribution >= 0.6 is 12.2 Å². The highest BCUT2D eigenvalue weighted by Gasteiger charge is 2.13. The summed E-state index contributed by atoms with van der Waals surface area (Å²) in [4.78, 5) is 0.257. The predicted molar refractivity (Wildman–Crippen MR) is 76.7 cm³/mol. The molecule has 0 saturated carbocycles. The molecule has 0 amide bonds. The van der Waals surface area contributed by atoms with Gasteiger partial charge in [-0.3, -0.25) is 0 Å². The Balaban J connectivity index is 2.34. The summed E-state index contributed by atoms with van der Waals surface area (Å²) in [6.07, 6.45) is 0. The van der Waals surface area contributed by atoms with Gasteiger partial charge in [-0.05, 0) is 42.8 Å². The van der Waals surface area contributed by atoms with Crippen LogP contribution in [0.5, 0.6) is 0 Å². The Morgan fingerprint density at radius 1 is 1.10 bits per heavy atom. The molecule has 2 nitrogen and oxygen atoms in total. The van der Waals surface area contributed by atoms with Crippen LogP contribution in [-0.4, -0.2) is 4.99 Å². The quantitative estimate of drug-likeness (QED) is 0.668. The van der Waals surface area contributed by atoms with E-state index in [1.807, 2.05) is 0 Å². The smallest absolute Gasteiger partial charge is 0.196 e. The van der Waals surface area contributed by atoms with Crippen LogP contribution in [-0.2, 0) is 0 Å². The van der Waals surface area contributed by atoms with Crippen LogP contribution in [0.25, 0.3) is 0 Å². The summed E-state index contributed by atoms with van der Waals surface area (Å²) in [5, 5.41) is 2.68. The van der Waals surface area contributed by atoms with Crippen molar-refractivity contribution in [2.75, 3.05) is 5.32 Å². The van der Waals surface area contributed by atoms with E-state index < -0.39 is 17.5 Å². The Morgan fingerprint density at radius 2 is 1.80 bits per heavy atom. The minimum atomic E-state index is -1.51. The molecule has 2 aromatic carbocycles. The van der Waals surface area contributed by atoms with Gasteiger partial charge in [0.2, 0.25) is 0 Å². The maximum atomic E-state index is 13.5. The van der Waals surface area contributed by atoms with Gasteiger partial charge in [-0.15, -0.1) is 0 Å². The van der Waals surface area contributed by atoms with E-state index >= 15 is 0 Å². The molecule has 0 saturated heterocycles. The van der Waals surface area contributed by atoms with E-state index in [0.717, 1.165) is 17.7 Å². The lowest BCUT2D eigenvalue weighted by Crippen LogP contribution is -2.11. The van der Waals surface area contributed by atoms with Crippen molar-refractivity contribution in [2.24, 2.45) is 5.73 Å². The maximum absolute atomic E-state index is 13.5. The third kappa shape index (κ3) is 2.75. The van der Waals surface area contributed by atoms with Gasteiger partial charge in [-0.1, -0.05) is 12.2 Å². The van der Waals surface area contributed by atoms with E-state index in [-0.39, 0.29) is 10.7 Å². The molecule has 0 radical (unpaired) electrons. The highest BCUT2D eigenvalue weighted by Crippen LogP contribution is 2.24. The van der Waals surface area contributed by atoms with Crippen molar-refractivity contribution in [1.82, 2.24) is 0 Å². The van der Waals surface area contributed by atoms with E-state index in [0.29, 0.717) is 11.3 Å². The van der Waals surface area contributed by atoms with E-state index in [4.69, 9.17) is 18.0 Å². The normalized spacial score (nSPS) is 10.4. The lowest BCUT2D eigenvalue weighted by Gasteiger charge is -2.11. The molecular weight excluding hydrogens is 285 g/mol. The molecular formula is C14H11F3N2S. The fourth-order valence-electron chi connectivity index (χ4n) is 1.80. The first-order valence-electron chi connectivity index (χ1n) is 5.71. The van der Waals surface area contributed by atoms with Gasteiger partial charge in [0.25, 0.3) is 0 Å². The van der Waals surface area contributed by atoms with Crippen molar-refractivity contribution in [3.8, 4) is 0 Å². The van der Waals surface area contributed by atoms with Gasteiger partial charge in [0.1, 0.15) is 4.99 Å². The molecule has 0 heterocycles. The summed E-state index contributed by atoms with van der Waals surface area (Å²) in [5.41, 5.74) is 7.41. The molecule has 0 bridgehead atoms. The van der Waals surface area contributed by atoms with Crippen LogP contribution in [0.3, 0.4) is 0 Å². The van der Waals surface area contributed by atoms with Gasteiger partial charge in [0.05, 0.1) is 5.69 Å². The number of nitrogens with two attached hydrogens (primary N) is 1. The summed E-state index contributed by atoms with van der Waals surface area (Å²) in [6, 6.07) is 6.98. The molecule has 0 aliphatic carbocycles. The largest absolute Gasteiger partial charge is 0.389 e. The molecule has 0 atom stereocenters. The van der Waals surface area contributed by atoms with Crippen molar-refractivity contribution >= 4 is 28.6 Å². The standard InChI is InChI=1S/C14H11F3N2S/c1-7-6-8(2-3-9(7)14(18)20)19-11-5-4-10(15)12(16)13(11)17/h2-6,19H,1H3,(H2,18,20). The van der Waals surface area contributed by atoms with Crippen LogP contribution in [0, 0.1) is 24.4 Å². The fraction of sp³-hybridized carbons (Fsp3) is 0.0714. The van der Waals surface area contributed by atoms with Crippen LogP contribution < -0.4 is 11.1 Å². The highest BCUT2D eigenvalue weighted by molar-refractivity contribution is 7.80. The summed E-state index contributed by atoms with van der Waals surface area (Å²) < 4.78 is 39.5. The third-order valence-corrected chi connectivity index (χ3v) is 3.03. The van der Waals surface area contributed by atoms with Crippen LogP contribution in [0.4, 0.5) is 24.5 Å². The minimum absolute atomic E-state index is 0.147. The second kappa shape index (κ2) is 5.50. The van der Waals surface area contributed by atoms with Crippen molar-refractivity contribution < 1.29 is 13.2 Å². The van der Waals surface area contributed by atoms with E-state index in [1.54, 1.807) is 25.1 Å². The first-order chi connectivity index (χ1) is 9.40. The average molecular weight is 296 g/mol. The van der Waals surface area contributed by atoms with Crippen molar-refractivity contribution in [1.29, 1.82) is 0 Å². The molecule has 2 rings (SSSR count). The van der Waals surface area contributed by atoms with E-state index in [1.165, 1.54) is 0 Å². The number of halogens is 3. The summed E-state index contributed by atoms with van der Waals surface area (Å²) in [5.74, 6) is -4.00. The Bertz CT molecular complexity index is 686. The van der Waals surface area contributed by atoms with Crippen LogP contribution in [0.15, 0.2) is 30.3 Å². The second-order valence-electron chi connectivity index (χ2n) is 4.24. The van der Waals surface area contributed by atoms with Crippen LogP contribution in [0.2, 0.25) is 0 Å². The lowest BCUT2D eigenvalue weighted by atomic mass is 10.1. The Kier molecular flexibility index (Phi) is 3.94. The number of aryl methyl sites for hydroxylation is 1. The number of rotatable bonds is 3. The van der Waals surface area contributed by atoms with Crippen molar-refractivity contribution in [3.63, 3.8) is 0 Å². The fourth-order valence-corrected chi connectivity index (χ4v) is 2.02. The maximum Gasteiger partial charge on any atom is 0.196 e. The van der Waals surface area contributed by atoms with E-state index in [2.05, 4.69) is 5.32 Å². The number of anilines is 2. The Labute approximate surface area is 119 Å². The first-order valence-corrected chi connectivity index (χ1v) is 6.12. The summed E-state index contributed by atoms with van der Waals surface area (Å²) in [6.45, 7) is 1.79. The average Bonchev–Trinajstić information content (AvgIpc) is 2.39. The summed E-state index contributed by atoms with van der Waals surface area (Å²) >= 11 is 4.88.